The topological polar surface area (TPSA) is 140 Å². The number of carbonyl (C=O) groups excluding carboxylic acids is 3. The zero-order valence-corrected chi connectivity index (χ0v) is 32.5. The van der Waals surface area contributed by atoms with Crippen molar-refractivity contribution in [2.24, 2.45) is 23.2 Å². The molecule has 54 heavy (non-hydrogen) atoms. The minimum absolute atomic E-state index is 0.0539. The molecule has 2 bridgehead atoms. The van der Waals surface area contributed by atoms with Crippen molar-refractivity contribution < 1.29 is 37.0 Å². The van der Waals surface area contributed by atoms with Crippen LogP contribution >= 0.6 is 0 Å². The van der Waals surface area contributed by atoms with Crippen LogP contribution in [0.15, 0.2) is 36.4 Å². The molecule has 5 heterocycles. The van der Waals surface area contributed by atoms with Crippen LogP contribution in [0.3, 0.4) is 0 Å². The summed E-state index contributed by atoms with van der Waals surface area (Å²) in [7, 11) is 1.81. The van der Waals surface area contributed by atoms with Gasteiger partial charge in [-0.15, -0.1) is 0 Å². The molecule has 6 aliphatic rings. The second-order valence-corrected chi connectivity index (χ2v) is 18.2. The van der Waals surface area contributed by atoms with Crippen LogP contribution in [0.25, 0.3) is 22.2 Å². The van der Waals surface area contributed by atoms with Gasteiger partial charge in [-0.3, -0.25) is 9.59 Å². The number of aromatic nitrogens is 1. The summed E-state index contributed by atoms with van der Waals surface area (Å²) >= 11 is 0. The van der Waals surface area contributed by atoms with E-state index in [1.54, 1.807) is 18.1 Å². The van der Waals surface area contributed by atoms with Gasteiger partial charge in [0.2, 0.25) is 5.91 Å². The number of hydrogen-bond donors (Lipinski definition) is 1. The molecular formula is C40H51N5O8S. The van der Waals surface area contributed by atoms with Crippen LogP contribution in [-0.2, 0) is 37.4 Å². The molecule has 3 amide bonds. The fourth-order valence-corrected chi connectivity index (χ4v) is 10.3. The van der Waals surface area contributed by atoms with E-state index in [0.29, 0.717) is 51.9 Å². The summed E-state index contributed by atoms with van der Waals surface area (Å²) in [5.74, 6) is 0.463. The van der Waals surface area contributed by atoms with E-state index >= 15 is 4.79 Å². The molecule has 5 fully saturated rings. The number of nitrogens with zero attached hydrogens (tertiary/aromatic N) is 4. The van der Waals surface area contributed by atoms with E-state index in [-0.39, 0.29) is 35.3 Å². The average molecular weight is 762 g/mol. The standard InChI is InChI=1S/C40H51N5O8S/c1-42(2)54(49,50)41-37(46)28-10-12-33-34(16-28)45-24-40(38(47)43-18-25-20-44(39(48)52-4)21-26(19-43)23-53-22-25)17-30(40)14-29-15-31(51-3)11-13-32(29)36(45)35(33)27-8-6-5-7-9-27/h10-13,15-16,25-27,30H,5-9,14,17-24H2,1-4H3,(H,41,46)/t25-,26+,30-,40+/m1/s1. The Bertz CT molecular complexity index is 2080. The van der Waals surface area contributed by atoms with Gasteiger partial charge in [0.25, 0.3) is 5.91 Å². The van der Waals surface area contributed by atoms with Crippen LogP contribution in [0.2, 0.25) is 0 Å². The fourth-order valence-electron chi connectivity index (χ4n) is 9.74. The number of methoxy groups -OCH3 is 2. The van der Waals surface area contributed by atoms with Crippen LogP contribution in [0.4, 0.5) is 4.79 Å². The van der Waals surface area contributed by atoms with E-state index < -0.39 is 21.5 Å². The maximum atomic E-state index is 15.2. The molecule has 2 saturated carbocycles. The predicted octanol–water partition coefficient (Wildman–Crippen LogP) is 4.64. The molecular weight excluding hydrogens is 711 g/mol. The summed E-state index contributed by atoms with van der Waals surface area (Å²) in [6.07, 6.45) is 6.67. The van der Waals surface area contributed by atoms with Crippen molar-refractivity contribution in [3.8, 4) is 17.0 Å². The Balaban J connectivity index is 1.26. The van der Waals surface area contributed by atoms with Crippen molar-refractivity contribution in [3.05, 3.63) is 53.1 Å². The van der Waals surface area contributed by atoms with E-state index in [9.17, 15) is 18.0 Å². The SMILES string of the molecule is COC(=O)N1C[C@H]2COC[C@@H](C1)CN(C(=O)[C@]13C[C@H]1Cc1cc(OC)ccc1-c1c(C4CCCCC4)c4ccc(C(=O)NS(=O)(=O)N(C)C)cc4n1C3)C2. The molecule has 2 aromatic carbocycles. The van der Waals surface area contributed by atoms with Crippen LogP contribution in [0, 0.1) is 23.2 Å². The summed E-state index contributed by atoms with van der Waals surface area (Å²) < 4.78 is 47.7. The summed E-state index contributed by atoms with van der Waals surface area (Å²) in [6.45, 7) is 3.26. The molecule has 3 aromatic rings. The number of nitrogens with one attached hydrogen (secondary N) is 1. The lowest BCUT2D eigenvalue weighted by Crippen LogP contribution is -2.55. The maximum Gasteiger partial charge on any atom is 0.409 e. The molecule has 0 spiro atoms. The summed E-state index contributed by atoms with van der Waals surface area (Å²) in [5.41, 5.74) is 4.95. The van der Waals surface area contributed by atoms with Gasteiger partial charge in [-0.05, 0) is 79.0 Å². The predicted molar refractivity (Wildman–Crippen MR) is 202 cm³/mol. The zero-order chi connectivity index (χ0) is 37.9. The van der Waals surface area contributed by atoms with E-state index in [4.69, 9.17) is 14.2 Å². The third kappa shape index (κ3) is 6.53. The van der Waals surface area contributed by atoms with Gasteiger partial charge < -0.3 is 28.6 Å². The fraction of sp³-hybridized carbons (Fsp3) is 0.575. The summed E-state index contributed by atoms with van der Waals surface area (Å²) in [4.78, 5) is 45.2. The molecule has 0 unspecified atom stereocenters. The van der Waals surface area contributed by atoms with Crippen molar-refractivity contribution in [1.82, 2.24) is 23.4 Å². The van der Waals surface area contributed by atoms with Crippen LogP contribution < -0.4 is 9.46 Å². The first kappa shape index (κ1) is 36.8. The largest absolute Gasteiger partial charge is 0.497 e. The highest BCUT2D eigenvalue weighted by Gasteiger charge is 2.62. The molecule has 1 aromatic heterocycles. The number of rotatable bonds is 6. The van der Waals surface area contributed by atoms with Gasteiger partial charge in [-0.1, -0.05) is 25.3 Å². The van der Waals surface area contributed by atoms with Gasteiger partial charge in [-0.25, -0.2) is 9.52 Å². The molecule has 2 aliphatic carbocycles. The quantitative estimate of drug-likeness (QED) is 0.384. The molecule has 4 aliphatic heterocycles. The van der Waals surface area contributed by atoms with Crippen molar-refractivity contribution >= 4 is 39.0 Å². The molecule has 9 rings (SSSR count). The Kier molecular flexibility index (Phi) is 9.66. The molecule has 4 atom stereocenters. The number of ether oxygens (including phenoxy) is 3. The van der Waals surface area contributed by atoms with E-state index in [0.717, 1.165) is 76.3 Å². The maximum absolute atomic E-state index is 15.2. The van der Waals surface area contributed by atoms with Crippen molar-refractivity contribution in [3.63, 3.8) is 0 Å². The lowest BCUT2D eigenvalue weighted by molar-refractivity contribution is -0.143. The van der Waals surface area contributed by atoms with Gasteiger partial charge in [-0.2, -0.15) is 12.7 Å². The summed E-state index contributed by atoms with van der Waals surface area (Å²) in [6, 6.07) is 11.8. The highest BCUT2D eigenvalue weighted by Crippen LogP contribution is 2.60. The monoisotopic (exact) mass is 761 g/mol. The Labute approximate surface area is 317 Å². The van der Waals surface area contributed by atoms with E-state index in [2.05, 4.69) is 21.4 Å². The Morgan fingerprint density at radius 1 is 0.926 bits per heavy atom. The van der Waals surface area contributed by atoms with Gasteiger partial charge in [0, 0.05) is 80.7 Å². The molecule has 13 nitrogen and oxygen atoms in total. The Hall–Kier alpha value is -4.14. The van der Waals surface area contributed by atoms with Gasteiger partial charge in [0.05, 0.1) is 38.5 Å². The van der Waals surface area contributed by atoms with Crippen LogP contribution in [0.5, 0.6) is 5.75 Å². The zero-order valence-electron chi connectivity index (χ0n) is 31.6. The summed E-state index contributed by atoms with van der Waals surface area (Å²) in [5, 5.41) is 1.04. The minimum Gasteiger partial charge on any atom is -0.497 e. The molecule has 0 radical (unpaired) electrons. The molecule has 14 heteroatoms. The first-order chi connectivity index (χ1) is 25.9. The van der Waals surface area contributed by atoms with Gasteiger partial charge in [0.1, 0.15) is 5.75 Å². The average Bonchev–Trinajstić information content (AvgIpc) is 3.72. The smallest absolute Gasteiger partial charge is 0.409 e. The highest BCUT2D eigenvalue weighted by molar-refractivity contribution is 7.87. The number of amides is 3. The number of benzene rings is 2. The highest BCUT2D eigenvalue weighted by atomic mass is 32.2. The third-order valence-corrected chi connectivity index (χ3v) is 14.0. The third-order valence-electron chi connectivity index (χ3n) is 12.6. The number of hydrogen-bond acceptors (Lipinski definition) is 8. The van der Waals surface area contributed by atoms with E-state index in [1.165, 1.54) is 33.2 Å². The lowest BCUT2D eigenvalue weighted by Gasteiger charge is -2.42. The van der Waals surface area contributed by atoms with Crippen molar-refractivity contribution in [2.75, 3.05) is 67.7 Å². The number of carbonyl (C=O) groups is 3. The van der Waals surface area contributed by atoms with E-state index in [1.807, 2.05) is 23.1 Å². The van der Waals surface area contributed by atoms with Gasteiger partial charge >= 0.3 is 16.3 Å². The molecule has 290 valence electrons. The number of fused-ring (bicyclic) bond motifs is 12. The first-order valence-corrected chi connectivity index (χ1v) is 20.6. The minimum atomic E-state index is -4.02. The van der Waals surface area contributed by atoms with Crippen LogP contribution in [-0.4, -0.2) is 113 Å². The van der Waals surface area contributed by atoms with Crippen LogP contribution in [0.1, 0.15) is 65.9 Å². The first-order valence-electron chi connectivity index (χ1n) is 19.2. The Morgan fingerprint density at radius 3 is 2.30 bits per heavy atom. The lowest BCUT2D eigenvalue weighted by atomic mass is 9.80. The van der Waals surface area contributed by atoms with Crippen molar-refractivity contribution in [2.45, 2.75) is 57.4 Å². The second kappa shape index (κ2) is 14.2. The Morgan fingerprint density at radius 2 is 1.63 bits per heavy atom. The van der Waals surface area contributed by atoms with Gasteiger partial charge in [0.15, 0.2) is 0 Å². The second-order valence-electron chi connectivity index (χ2n) is 16.3. The molecule has 1 N–H and O–H groups in total. The van der Waals surface area contributed by atoms with Crippen molar-refractivity contribution in [1.29, 1.82) is 0 Å². The normalized spacial score (nSPS) is 25.7. The molecule has 3 saturated heterocycles.